The summed E-state index contributed by atoms with van der Waals surface area (Å²) < 4.78 is 4.76. The van der Waals surface area contributed by atoms with E-state index in [1.807, 2.05) is 0 Å². The second-order valence-electron chi connectivity index (χ2n) is 4.61. The summed E-state index contributed by atoms with van der Waals surface area (Å²) >= 11 is 0. The van der Waals surface area contributed by atoms with Crippen molar-refractivity contribution in [3.05, 3.63) is 29.6 Å². The highest BCUT2D eigenvalue weighted by atomic mass is 16.5. The van der Waals surface area contributed by atoms with E-state index in [-0.39, 0.29) is 5.97 Å². The molecular formula is C13H20N4O2. The number of carbonyl (C=O) groups excluding carboxylic acids is 1. The molecule has 0 atom stereocenters. The summed E-state index contributed by atoms with van der Waals surface area (Å²) in [6.45, 7) is 4.56. The van der Waals surface area contributed by atoms with Gasteiger partial charge in [0.05, 0.1) is 24.9 Å². The number of hydrogen-bond acceptors (Lipinski definition) is 6. The quantitative estimate of drug-likeness (QED) is 0.780. The van der Waals surface area contributed by atoms with Gasteiger partial charge in [-0.15, -0.1) is 0 Å². The Bertz CT molecular complexity index is 430. The lowest BCUT2D eigenvalue weighted by atomic mass is 10.2. The van der Waals surface area contributed by atoms with Gasteiger partial charge in [-0.1, -0.05) is 0 Å². The molecule has 6 nitrogen and oxygen atoms in total. The second kappa shape index (κ2) is 6.60. The molecule has 1 aliphatic heterocycles. The van der Waals surface area contributed by atoms with E-state index in [1.165, 1.54) is 7.11 Å². The van der Waals surface area contributed by atoms with Crippen molar-refractivity contribution in [3.8, 4) is 0 Å². The van der Waals surface area contributed by atoms with E-state index in [0.717, 1.165) is 26.2 Å². The van der Waals surface area contributed by atoms with Crippen LogP contribution < -0.4 is 5.43 Å². The van der Waals surface area contributed by atoms with Crippen molar-refractivity contribution in [1.29, 1.82) is 0 Å². The molecule has 1 fully saturated rings. The highest BCUT2D eigenvalue weighted by molar-refractivity contribution is 5.90. The third-order valence-corrected chi connectivity index (χ3v) is 3.27. The van der Waals surface area contributed by atoms with Gasteiger partial charge in [0.1, 0.15) is 0 Å². The summed E-state index contributed by atoms with van der Waals surface area (Å²) in [6.07, 6.45) is 1.69. The first kappa shape index (κ1) is 13.9. The lowest BCUT2D eigenvalue weighted by Crippen LogP contribution is -2.50. The molecule has 0 amide bonds. The van der Waals surface area contributed by atoms with Crippen LogP contribution in [0.3, 0.4) is 0 Å². The number of rotatable bonds is 4. The van der Waals surface area contributed by atoms with Crippen LogP contribution in [0.5, 0.6) is 0 Å². The van der Waals surface area contributed by atoms with Gasteiger partial charge in [0.15, 0.2) is 0 Å². The predicted octanol–water partition coefficient (Wildman–Crippen LogP) is 0.120. The van der Waals surface area contributed by atoms with Gasteiger partial charge >= 0.3 is 5.97 Å². The summed E-state index contributed by atoms with van der Waals surface area (Å²) in [7, 11) is 3.50. The number of piperazine rings is 1. The van der Waals surface area contributed by atoms with Gasteiger partial charge in [0.2, 0.25) is 0 Å². The summed E-state index contributed by atoms with van der Waals surface area (Å²) in [6, 6.07) is 3.48. The number of aromatic nitrogens is 1. The number of nitrogens with one attached hydrogen (secondary N) is 1. The zero-order chi connectivity index (χ0) is 13.7. The molecule has 0 spiro atoms. The van der Waals surface area contributed by atoms with Crippen LogP contribution in [0, 0.1) is 0 Å². The minimum Gasteiger partial charge on any atom is -0.465 e. The molecule has 6 heteroatoms. The van der Waals surface area contributed by atoms with Crippen molar-refractivity contribution in [2.24, 2.45) is 0 Å². The molecule has 0 unspecified atom stereocenters. The molecule has 0 aliphatic carbocycles. The third-order valence-electron chi connectivity index (χ3n) is 3.27. The largest absolute Gasteiger partial charge is 0.465 e. The van der Waals surface area contributed by atoms with Crippen LogP contribution in [0.1, 0.15) is 16.1 Å². The Morgan fingerprint density at radius 2 is 2.16 bits per heavy atom. The first-order valence-electron chi connectivity index (χ1n) is 6.40. The Labute approximate surface area is 113 Å². The molecule has 0 saturated carbocycles. The Hall–Kier alpha value is -1.50. The minimum absolute atomic E-state index is 0.344. The minimum atomic E-state index is -0.344. The lowest BCUT2D eigenvalue weighted by Gasteiger charge is -2.32. The monoisotopic (exact) mass is 264 g/mol. The fourth-order valence-electron chi connectivity index (χ4n) is 2.03. The van der Waals surface area contributed by atoms with E-state index in [1.54, 1.807) is 18.3 Å². The van der Waals surface area contributed by atoms with Crippen molar-refractivity contribution < 1.29 is 9.53 Å². The Balaban J connectivity index is 1.94. The van der Waals surface area contributed by atoms with Gasteiger partial charge < -0.3 is 9.64 Å². The smallest absolute Gasteiger partial charge is 0.339 e. The van der Waals surface area contributed by atoms with Crippen LogP contribution >= 0.6 is 0 Å². The topological polar surface area (TPSA) is 57.7 Å². The molecule has 2 heterocycles. The van der Waals surface area contributed by atoms with Crippen LogP contribution in [0.4, 0.5) is 0 Å². The highest BCUT2D eigenvalue weighted by Gasteiger charge is 2.16. The predicted molar refractivity (Wildman–Crippen MR) is 71.5 cm³/mol. The molecule has 104 valence electrons. The summed E-state index contributed by atoms with van der Waals surface area (Å²) in [4.78, 5) is 18.2. The average molecular weight is 264 g/mol. The van der Waals surface area contributed by atoms with Crippen LogP contribution in [-0.4, -0.2) is 61.2 Å². The van der Waals surface area contributed by atoms with Gasteiger partial charge in [-0.3, -0.25) is 4.98 Å². The maximum atomic E-state index is 11.6. The molecule has 0 radical (unpaired) electrons. The number of hydrazine groups is 1. The van der Waals surface area contributed by atoms with Gasteiger partial charge in [-0.2, -0.15) is 0 Å². The number of ether oxygens (including phenoxy) is 1. The second-order valence-corrected chi connectivity index (χ2v) is 4.61. The standard InChI is InChI=1S/C13H20N4O2/c1-16-6-8-17(9-7-16)15-10-12-11(13(18)19-2)4-3-5-14-12/h3-5,15H,6-10H2,1-2H3. The number of likely N-dealkylation sites (N-methyl/N-ethyl adjacent to an activating group) is 1. The Morgan fingerprint density at radius 1 is 1.42 bits per heavy atom. The summed E-state index contributed by atoms with van der Waals surface area (Å²) in [5.74, 6) is -0.344. The number of methoxy groups -OCH3 is 1. The molecule has 1 saturated heterocycles. The van der Waals surface area contributed by atoms with Gasteiger partial charge in [-0.25, -0.2) is 15.2 Å². The van der Waals surface area contributed by atoms with Gasteiger partial charge in [0.25, 0.3) is 0 Å². The van der Waals surface area contributed by atoms with E-state index in [4.69, 9.17) is 4.74 Å². The SMILES string of the molecule is COC(=O)c1cccnc1CNN1CCN(C)CC1. The lowest BCUT2D eigenvalue weighted by molar-refractivity contribution is 0.0596. The fourth-order valence-corrected chi connectivity index (χ4v) is 2.03. The van der Waals surface area contributed by atoms with Crippen LogP contribution in [0.25, 0.3) is 0 Å². The van der Waals surface area contributed by atoms with Crippen molar-refractivity contribution >= 4 is 5.97 Å². The molecule has 0 aromatic carbocycles. The molecule has 2 rings (SSSR count). The maximum absolute atomic E-state index is 11.6. The highest BCUT2D eigenvalue weighted by Crippen LogP contribution is 2.07. The van der Waals surface area contributed by atoms with Gasteiger partial charge in [-0.05, 0) is 19.2 Å². The van der Waals surface area contributed by atoms with Crippen LogP contribution in [0.15, 0.2) is 18.3 Å². The van der Waals surface area contributed by atoms with Crippen molar-refractivity contribution in [1.82, 2.24) is 20.3 Å². The third kappa shape index (κ3) is 3.73. The number of pyridine rings is 1. The molecule has 19 heavy (non-hydrogen) atoms. The molecule has 1 aromatic heterocycles. The number of hydrogen-bond donors (Lipinski definition) is 1. The zero-order valence-electron chi connectivity index (χ0n) is 11.4. The van der Waals surface area contributed by atoms with Crippen molar-refractivity contribution in [2.75, 3.05) is 40.3 Å². The zero-order valence-corrected chi connectivity index (χ0v) is 11.4. The summed E-state index contributed by atoms with van der Waals surface area (Å²) in [5.41, 5.74) is 4.55. The molecule has 1 aromatic rings. The number of esters is 1. The van der Waals surface area contributed by atoms with Crippen molar-refractivity contribution in [2.45, 2.75) is 6.54 Å². The number of nitrogens with zero attached hydrogens (tertiary/aromatic N) is 3. The first-order chi connectivity index (χ1) is 9.20. The maximum Gasteiger partial charge on any atom is 0.339 e. The Morgan fingerprint density at radius 3 is 2.84 bits per heavy atom. The van der Waals surface area contributed by atoms with Crippen molar-refractivity contribution in [3.63, 3.8) is 0 Å². The van der Waals surface area contributed by atoms with E-state index >= 15 is 0 Å². The Kier molecular flexibility index (Phi) is 4.84. The molecular weight excluding hydrogens is 244 g/mol. The van der Waals surface area contributed by atoms with Crippen LogP contribution in [0.2, 0.25) is 0 Å². The first-order valence-corrected chi connectivity index (χ1v) is 6.40. The number of carbonyl (C=O) groups is 1. The molecule has 1 aliphatic rings. The van der Waals surface area contributed by atoms with E-state index in [2.05, 4.69) is 27.4 Å². The molecule has 1 N–H and O–H groups in total. The van der Waals surface area contributed by atoms with E-state index in [9.17, 15) is 4.79 Å². The fraction of sp³-hybridized carbons (Fsp3) is 0.538. The normalized spacial score (nSPS) is 17.4. The van der Waals surface area contributed by atoms with Crippen LogP contribution in [-0.2, 0) is 11.3 Å². The van der Waals surface area contributed by atoms with E-state index in [0.29, 0.717) is 17.8 Å². The summed E-state index contributed by atoms with van der Waals surface area (Å²) in [5, 5.41) is 2.16. The average Bonchev–Trinajstić information content (AvgIpc) is 2.46. The molecule has 0 bridgehead atoms. The van der Waals surface area contributed by atoms with E-state index < -0.39 is 0 Å². The van der Waals surface area contributed by atoms with Gasteiger partial charge in [0, 0.05) is 32.4 Å².